The molecule has 1 N–H and O–H groups in total. The van der Waals surface area contributed by atoms with Crippen molar-refractivity contribution in [1.82, 2.24) is 19.9 Å². The van der Waals surface area contributed by atoms with Crippen LogP contribution in [0, 0.1) is 6.92 Å². The molecule has 0 saturated heterocycles. The SMILES string of the molecule is CCOc1ccc(CCNC(=O)CN(C)c2nn3c(=O)cc(C)nc3s2)cc1. The van der Waals surface area contributed by atoms with Gasteiger partial charge in [-0.05, 0) is 38.0 Å². The fourth-order valence-corrected chi connectivity index (χ4v) is 3.58. The van der Waals surface area contributed by atoms with E-state index in [9.17, 15) is 9.59 Å². The quantitative estimate of drug-likeness (QED) is 0.617. The van der Waals surface area contributed by atoms with Gasteiger partial charge in [-0.1, -0.05) is 23.5 Å². The van der Waals surface area contributed by atoms with Crippen molar-refractivity contribution < 1.29 is 9.53 Å². The first-order chi connectivity index (χ1) is 13.5. The maximum atomic E-state index is 12.2. The van der Waals surface area contributed by atoms with Crippen LogP contribution in [-0.2, 0) is 11.2 Å². The number of ether oxygens (including phenoxy) is 1. The number of likely N-dealkylation sites (N-methyl/N-ethyl adjacent to an activating group) is 1. The summed E-state index contributed by atoms with van der Waals surface area (Å²) in [4.78, 5) is 30.7. The molecule has 0 aliphatic carbocycles. The molecule has 3 rings (SSSR count). The normalized spacial score (nSPS) is 10.8. The molecule has 2 aromatic heterocycles. The minimum absolute atomic E-state index is 0.107. The van der Waals surface area contributed by atoms with E-state index in [0.717, 1.165) is 17.7 Å². The molecular formula is C19H23N5O3S. The van der Waals surface area contributed by atoms with Crippen molar-refractivity contribution in [3.05, 3.63) is 51.9 Å². The predicted octanol–water partition coefficient (Wildman–Crippen LogP) is 1.65. The number of aryl methyl sites for hydroxylation is 1. The van der Waals surface area contributed by atoms with Gasteiger partial charge in [-0.3, -0.25) is 9.59 Å². The molecule has 1 amide bonds. The monoisotopic (exact) mass is 401 g/mol. The Morgan fingerprint density at radius 2 is 2.07 bits per heavy atom. The summed E-state index contributed by atoms with van der Waals surface area (Å²) in [6.45, 7) is 5.05. The lowest BCUT2D eigenvalue weighted by Gasteiger charge is -2.14. The van der Waals surface area contributed by atoms with E-state index in [4.69, 9.17) is 4.74 Å². The van der Waals surface area contributed by atoms with E-state index < -0.39 is 0 Å². The molecular weight excluding hydrogens is 378 g/mol. The highest BCUT2D eigenvalue weighted by Gasteiger charge is 2.14. The Bertz CT molecular complexity index is 1010. The maximum Gasteiger partial charge on any atom is 0.275 e. The second kappa shape index (κ2) is 8.83. The molecule has 3 aromatic rings. The highest BCUT2D eigenvalue weighted by atomic mass is 32.1. The van der Waals surface area contributed by atoms with Gasteiger partial charge in [0.2, 0.25) is 16.0 Å². The van der Waals surface area contributed by atoms with Crippen LogP contribution in [0.4, 0.5) is 5.13 Å². The third-order valence-corrected chi connectivity index (χ3v) is 5.06. The summed E-state index contributed by atoms with van der Waals surface area (Å²) in [5.41, 5.74) is 1.55. The molecule has 0 unspecified atom stereocenters. The highest BCUT2D eigenvalue weighted by Crippen LogP contribution is 2.19. The van der Waals surface area contributed by atoms with Crippen LogP contribution >= 0.6 is 11.3 Å². The topological polar surface area (TPSA) is 88.8 Å². The minimum atomic E-state index is -0.224. The molecule has 0 aliphatic heterocycles. The van der Waals surface area contributed by atoms with Gasteiger partial charge in [0, 0.05) is 25.4 Å². The lowest BCUT2D eigenvalue weighted by Crippen LogP contribution is -2.36. The van der Waals surface area contributed by atoms with Crippen LogP contribution in [0.3, 0.4) is 0 Å². The Morgan fingerprint density at radius 3 is 2.79 bits per heavy atom. The van der Waals surface area contributed by atoms with Gasteiger partial charge in [-0.2, -0.15) is 4.52 Å². The van der Waals surface area contributed by atoms with Gasteiger partial charge in [-0.25, -0.2) is 4.98 Å². The van der Waals surface area contributed by atoms with Gasteiger partial charge in [0.05, 0.1) is 13.2 Å². The summed E-state index contributed by atoms with van der Waals surface area (Å²) in [6.07, 6.45) is 0.738. The van der Waals surface area contributed by atoms with Crippen molar-refractivity contribution in [1.29, 1.82) is 0 Å². The van der Waals surface area contributed by atoms with E-state index in [0.29, 0.717) is 28.9 Å². The minimum Gasteiger partial charge on any atom is -0.494 e. The summed E-state index contributed by atoms with van der Waals surface area (Å²) in [5, 5.41) is 7.73. The second-order valence-electron chi connectivity index (χ2n) is 6.35. The van der Waals surface area contributed by atoms with Crippen molar-refractivity contribution in [2.75, 3.05) is 31.6 Å². The molecule has 0 atom stereocenters. The largest absolute Gasteiger partial charge is 0.494 e. The van der Waals surface area contributed by atoms with E-state index in [1.54, 1.807) is 18.9 Å². The number of benzene rings is 1. The van der Waals surface area contributed by atoms with E-state index in [1.165, 1.54) is 21.9 Å². The zero-order valence-corrected chi connectivity index (χ0v) is 17.0. The van der Waals surface area contributed by atoms with Crippen LogP contribution in [0.25, 0.3) is 4.96 Å². The standard InChI is InChI=1S/C19H23N5O3S/c1-4-27-15-7-5-14(6-8-15)9-10-20-16(25)12-23(3)19-22-24-17(26)11-13(2)21-18(24)28-19/h5-8,11H,4,9-10,12H2,1-3H3,(H,20,25). The average Bonchev–Trinajstić information content (AvgIpc) is 3.08. The first-order valence-electron chi connectivity index (χ1n) is 9.03. The zero-order valence-electron chi connectivity index (χ0n) is 16.1. The Labute approximate surface area is 166 Å². The Hall–Kier alpha value is -2.94. The van der Waals surface area contributed by atoms with E-state index in [2.05, 4.69) is 15.4 Å². The summed E-state index contributed by atoms with van der Waals surface area (Å²) in [5.74, 6) is 0.737. The van der Waals surface area contributed by atoms with E-state index in [-0.39, 0.29) is 18.0 Å². The van der Waals surface area contributed by atoms with Crippen molar-refractivity contribution in [2.24, 2.45) is 0 Å². The lowest BCUT2D eigenvalue weighted by molar-refractivity contribution is -0.119. The van der Waals surface area contributed by atoms with Crippen LogP contribution in [0.1, 0.15) is 18.2 Å². The van der Waals surface area contributed by atoms with Crippen LogP contribution in [-0.4, -0.2) is 47.2 Å². The molecule has 8 nitrogen and oxygen atoms in total. The van der Waals surface area contributed by atoms with Gasteiger partial charge >= 0.3 is 0 Å². The molecule has 0 spiro atoms. The molecule has 0 saturated carbocycles. The summed E-state index contributed by atoms with van der Waals surface area (Å²) >= 11 is 1.28. The number of anilines is 1. The first kappa shape index (κ1) is 19.8. The molecule has 0 bridgehead atoms. The lowest BCUT2D eigenvalue weighted by atomic mass is 10.1. The van der Waals surface area contributed by atoms with Crippen molar-refractivity contribution >= 4 is 27.3 Å². The van der Waals surface area contributed by atoms with Crippen LogP contribution in [0.5, 0.6) is 5.75 Å². The van der Waals surface area contributed by atoms with Gasteiger partial charge in [0.15, 0.2) is 0 Å². The number of aromatic nitrogens is 3. The third-order valence-electron chi connectivity index (χ3n) is 4.04. The van der Waals surface area contributed by atoms with Crippen LogP contribution in [0.15, 0.2) is 35.1 Å². The Kier molecular flexibility index (Phi) is 6.25. The molecule has 28 heavy (non-hydrogen) atoms. The maximum absolute atomic E-state index is 12.2. The third kappa shape index (κ3) is 4.86. The number of nitrogens with one attached hydrogen (secondary N) is 1. The zero-order chi connectivity index (χ0) is 20.1. The predicted molar refractivity (Wildman–Crippen MR) is 109 cm³/mol. The van der Waals surface area contributed by atoms with E-state index in [1.807, 2.05) is 31.2 Å². The smallest absolute Gasteiger partial charge is 0.275 e. The van der Waals surface area contributed by atoms with Crippen molar-refractivity contribution in [3.8, 4) is 5.75 Å². The van der Waals surface area contributed by atoms with Crippen LogP contribution in [0.2, 0.25) is 0 Å². The molecule has 0 fully saturated rings. The molecule has 0 aliphatic rings. The number of hydrogen-bond donors (Lipinski definition) is 1. The summed E-state index contributed by atoms with van der Waals surface area (Å²) in [7, 11) is 1.77. The van der Waals surface area contributed by atoms with Gasteiger partial charge in [-0.15, -0.1) is 5.10 Å². The molecule has 2 heterocycles. The fourth-order valence-electron chi connectivity index (χ4n) is 2.67. The van der Waals surface area contributed by atoms with Crippen LogP contribution < -0.4 is 20.5 Å². The molecule has 9 heteroatoms. The van der Waals surface area contributed by atoms with Crippen molar-refractivity contribution in [3.63, 3.8) is 0 Å². The van der Waals surface area contributed by atoms with E-state index >= 15 is 0 Å². The van der Waals surface area contributed by atoms with Crippen molar-refractivity contribution in [2.45, 2.75) is 20.3 Å². The number of carbonyl (C=O) groups is 1. The van der Waals surface area contributed by atoms with Gasteiger partial charge in [0.1, 0.15) is 5.75 Å². The number of rotatable bonds is 8. The fraction of sp³-hybridized carbons (Fsp3) is 0.368. The number of hydrogen-bond acceptors (Lipinski definition) is 7. The second-order valence-corrected chi connectivity index (χ2v) is 7.28. The average molecular weight is 401 g/mol. The molecule has 0 radical (unpaired) electrons. The first-order valence-corrected chi connectivity index (χ1v) is 9.85. The molecule has 148 valence electrons. The number of carbonyl (C=O) groups excluding carboxylic acids is 1. The Morgan fingerprint density at radius 1 is 1.32 bits per heavy atom. The number of fused-ring (bicyclic) bond motifs is 1. The highest BCUT2D eigenvalue weighted by molar-refractivity contribution is 7.20. The summed E-state index contributed by atoms with van der Waals surface area (Å²) < 4.78 is 6.68. The van der Waals surface area contributed by atoms with Gasteiger partial charge < -0.3 is 15.0 Å². The van der Waals surface area contributed by atoms with Gasteiger partial charge in [0.25, 0.3) is 5.56 Å². The molecule has 1 aromatic carbocycles. The summed E-state index contributed by atoms with van der Waals surface area (Å²) in [6, 6.07) is 9.29. The number of nitrogens with zero attached hydrogens (tertiary/aromatic N) is 4. The Balaban J connectivity index is 1.51. The number of amides is 1.